The summed E-state index contributed by atoms with van der Waals surface area (Å²) in [5.74, 6) is 0. The largest absolute Gasteiger partial charge is 0.398 e. The molecule has 0 heterocycles. The quantitative estimate of drug-likeness (QED) is 0.284. The van der Waals surface area contributed by atoms with Gasteiger partial charge in [0.15, 0.2) is 0 Å². The molecule has 1 spiro atoms. The summed E-state index contributed by atoms with van der Waals surface area (Å²) in [6.07, 6.45) is 0. The molecule has 0 radical (unpaired) electrons. The van der Waals surface area contributed by atoms with Crippen LogP contribution in [-0.2, 0) is 5.41 Å². The molecule has 0 aromatic heterocycles. The summed E-state index contributed by atoms with van der Waals surface area (Å²) in [6, 6.07) is 41.6. The summed E-state index contributed by atoms with van der Waals surface area (Å²) in [7, 11) is 0. The van der Waals surface area contributed by atoms with Gasteiger partial charge < -0.3 is 5.73 Å². The molecule has 0 aliphatic heterocycles. The van der Waals surface area contributed by atoms with Gasteiger partial charge in [-0.3, -0.25) is 0 Å². The summed E-state index contributed by atoms with van der Waals surface area (Å²) >= 11 is 0. The van der Waals surface area contributed by atoms with Crippen LogP contribution in [0.15, 0.2) is 115 Å². The van der Waals surface area contributed by atoms with Crippen LogP contribution in [0.5, 0.6) is 0 Å². The van der Waals surface area contributed by atoms with Crippen LogP contribution in [0.25, 0.3) is 33.4 Å². The van der Waals surface area contributed by atoms with Crippen molar-refractivity contribution in [1.82, 2.24) is 0 Å². The molecule has 7 rings (SSSR count). The first-order chi connectivity index (χ1) is 15.8. The Morgan fingerprint density at radius 3 is 1.28 bits per heavy atom. The number of hydrogen-bond donors (Lipinski definition) is 1. The molecule has 2 aliphatic rings. The lowest BCUT2D eigenvalue weighted by atomic mass is 9.68. The molecule has 0 saturated carbocycles. The van der Waals surface area contributed by atoms with Crippen LogP contribution in [0.2, 0.25) is 0 Å². The minimum absolute atomic E-state index is 0.349. The average Bonchev–Trinajstić information content (AvgIpc) is 3.32. The molecule has 0 amide bonds. The Kier molecular flexibility index (Phi) is 3.41. The van der Waals surface area contributed by atoms with E-state index in [0.717, 1.165) is 11.3 Å². The summed E-state index contributed by atoms with van der Waals surface area (Å²) in [4.78, 5) is 0. The first kappa shape index (κ1) is 17.6. The van der Waals surface area contributed by atoms with Crippen molar-refractivity contribution in [3.63, 3.8) is 0 Å². The van der Waals surface area contributed by atoms with Crippen LogP contribution in [-0.4, -0.2) is 0 Å². The van der Waals surface area contributed by atoms with Crippen molar-refractivity contribution >= 4 is 5.69 Å². The van der Waals surface area contributed by atoms with Gasteiger partial charge in [-0.15, -0.1) is 0 Å². The van der Waals surface area contributed by atoms with E-state index in [9.17, 15) is 0 Å². The second-order valence-corrected chi connectivity index (χ2v) is 8.70. The fourth-order valence-corrected chi connectivity index (χ4v) is 6.12. The first-order valence-corrected chi connectivity index (χ1v) is 11.1. The van der Waals surface area contributed by atoms with Crippen molar-refractivity contribution < 1.29 is 0 Å². The maximum atomic E-state index is 6.53. The van der Waals surface area contributed by atoms with Gasteiger partial charge in [-0.25, -0.2) is 0 Å². The average molecular weight is 408 g/mol. The number of para-hydroxylation sites is 1. The highest BCUT2D eigenvalue weighted by Gasteiger charge is 2.52. The third-order valence-electron chi connectivity index (χ3n) is 7.26. The normalized spacial score (nSPS) is 14.0. The van der Waals surface area contributed by atoms with Gasteiger partial charge in [0.05, 0.1) is 5.41 Å². The number of nitrogen functional groups attached to an aromatic ring is 1. The van der Waals surface area contributed by atoms with Gasteiger partial charge in [0.25, 0.3) is 0 Å². The molecule has 150 valence electrons. The van der Waals surface area contributed by atoms with Crippen LogP contribution in [0, 0.1) is 0 Å². The predicted octanol–water partition coefficient (Wildman–Crippen LogP) is 7.28. The van der Waals surface area contributed by atoms with Crippen molar-refractivity contribution in [2.45, 2.75) is 5.41 Å². The molecule has 32 heavy (non-hydrogen) atoms. The van der Waals surface area contributed by atoms with Gasteiger partial charge in [-0.05, 0) is 56.1 Å². The predicted molar refractivity (Wildman–Crippen MR) is 133 cm³/mol. The van der Waals surface area contributed by atoms with Crippen molar-refractivity contribution in [1.29, 1.82) is 0 Å². The van der Waals surface area contributed by atoms with Crippen LogP contribution < -0.4 is 5.73 Å². The standard InChI is InChI=1S/C31H21N/c32-29-19-8-4-13-23(29)25-15-9-14-24-22-12-3-7-18-28(22)31(30(24)25)26-16-5-1-10-20(26)21-11-2-6-17-27(21)31/h1-19H,32H2. The smallest absolute Gasteiger partial charge is 0.0731 e. The molecule has 0 unspecified atom stereocenters. The second-order valence-electron chi connectivity index (χ2n) is 8.70. The van der Waals surface area contributed by atoms with E-state index in [2.05, 4.69) is 103 Å². The molecular formula is C31H21N. The van der Waals surface area contributed by atoms with E-state index in [1.54, 1.807) is 0 Å². The molecule has 0 bridgehead atoms. The summed E-state index contributed by atoms with van der Waals surface area (Å²) in [6.45, 7) is 0. The lowest BCUT2D eigenvalue weighted by molar-refractivity contribution is 0.796. The van der Waals surface area contributed by atoms with Crippen molar-refractivity contribution in [3.05, 3.63) is 138 Å². The fraction of sp³-hybridized carbons (Fsp3) is 0.0323. The minimum Gasteiger partial charge on any atom is -0.398 e. The lowest BCUT2D eigenvalue weighted by Gasteiger charge is -2.32. The van der Waals surface area contributed by atoms with Crippen molar-refractivity contribution in [3.8, 4) is 33.4 Å². The fourth-order valence-electron chi connectivity index (χ4n) is 6.12. The Bertz CT molecular complexity index is 1480. The first-order valence-electron chi connectivity index (χ1n) is 11.1. The van der Waals surface area contributed by atoms with E-state index in [-0.39, 0.29) is 5.41 Å². The number of rotatable bonds is 1. The summed E-state index contributed by atoms with van der Waals surface area (Å²) < 4.78 is 0. The van der Waals surface area contributed by atoms with Gasteiger partial charge in [-0.2, -0.15) is 0 Å². The highest BCUT2D eigenvalue weighted by Crippen LogP contribution is 2.64. The monoisotopic (exact) mass is 407 g/mol. The SMILES string of the molecule is Nc1ccccc1-c1cccc2c1C1(c3ccccc3-c3ccccc31)c1ccccc1-2. The maximum Gasteiger partial charge on any atom is 0.0731 e. The number of nitrogens with two attached hydrogens (primary N) is 1. The zero-order valence-electron chi connectivity index (χ0n) is 17.5. The van der Waals surface area contributed by atoms with Gasteiger partial charge in [0.1, 0.15) is 0 Å². The molecular weight excluding hydrogens is 386 g/mol. The molecule has 2 N–H and O–H groups in total. The molecule has 5 aromatic rings. The number of hydrogen-bond acceptors (Lipinski definition) is 1. The molecule has 0 saturated heterocycles. The van der Waals surface area contributed by atoms with Crippen LogP contribution in [0.3, 0.4) is 0 Å². The van der Waals surface area contributed by atoms with Crippen LogP contribution >= 0.6 is 0 Å². The van der Waals surface area contributed by atoms with Gasteiger partial charge >= 0.3 is 0 Å². The highest BCUT2D eigenvalue weighted by atomic mass is 14.6. The number of benzene rings is 5. The highest BCUT2D eigenvalue weighted by molar-refractivity contribution is 5.99. The van der Waals surface area contributed by atoms with E-state index in [0.29, 0.717) is 0 Å². The molecule has 1 heteroatoms. The lowest BCUT2D eigenvalue weighted by Crippen LogP contribution is -2.26. The second kappa shape index (κ2) is 6.21. The van der Waals surface area contributed by atoms with E-state index in [1.165, 1.54) is 50.1 Å². The van der Waals surface area contributed by atoms with E-state index >= 15 is 0 Å². The van der Waals surface area contributed by atoms with Crippen LogP contribution in [0.1, 0.15) is 22.3 Å². The van der Waals surface area contributed by atoms with Crippen LogP contribution in [0.4, 0.5) is 5.69 Å². The minimum atomic E-state index is -0.349. The Morgan fingerprint density at radius 1 is 0.375 bits per heavy atom. The summed E-state index contributed by atoms with van der Waals surface area (Å²) in [5, 5.41) is 0. The number of fused-ring (bicyclic) bond motifs is 10. The van der Waals surface area contributed by atoms with E-state index < -0.39 is 0 Å². The van der Waals surface area contributed by atoms with E-state index in [4.69, 9.17) is 5.73 Å². The Balaban J connectivity index is 1.72. The van der Waals surface area contributed by atoms with Gasteiger partial charge in [0.2, 0.25) is 0 Å². The number of anilines is 1. The molecule has 5 aromatic carbocycles. The zero-order chi connectivity index (χ0) is 21.3. The van der Waals surface area contributed by atoms with Crippen molar-refractivity contribution in [2.24, 2.45) is 0 Å². The maximum absolute atomic E-state index is 6.53. The molecule has 2 aliphatic carbocycles. The van der Waals surface area contributed by atoms with Gasteiger partial charge in [-0.1, -0.05) is 109 Å². The summed E-state index contributed by atoms with van der Waals surface area (Å²) in [5.41, 5.74) is 20.0. The third kappa shape index (κ3) is 1.99. The van der Waals surface area contributed by atoms with Gasteiger partial charge in [0, 0.05) is 11.3 Å². The van der Waals surface area contributed by atoms with Crippen molar-refractivity contribution in [2.75, 3.05) is 5.73 Å². The molecule has 0 atom stereocenters. The molecule has 0 fully saturated rings. The zero-order valence-corrected chi connectivity index (χ0v) is 17.5. The Hall–Kier alpha value is -4.10. The Morgan fingerprint density at radius 2 is 0.750 bits per heavy atom. The topological polar surface area (TPSA) is 26.0 Å². The molecule has 1 nitrogen and oxygen atoms in total. The van der Waals surface area contributed by atoms with E-state index in [1.807, 2.05) is 12.1 Å². The Labute approximate surface area is 187 Å². The third-order valence-corrected chi connectivity index (χ3v) is 7.26.